The van der Waals surface area contributed by atoms with E-state index in [-0.39, 0.29) is 16.3 Å². The number of nitrogens with zero attached hydrogens (tertiary/aromatic N) is 1. The van der Waals surface area contributed by atoms with Gasteiger partial charge in [-0.1, -0.05) is 6.07 Å². The third-order valence-electron chi connectivity index (χ3n) is 2.83. The maximum absolute atomic E-state index is 12.8. The van der Waals surface area contributed by atoms with Crippen LogP contribution in [0.3, 0.4) is 0 Å². The summed E-state index contributed by atoms with van der Waals surface area (Å²) in [7, 11) is -3.94. The van der Waals surface area contributed by atoms with Crippen molar-refractivity contribution in [1.29, 1.82) is 0 Å². The molecule has 0 aliphatic heterocycles. The topological polar surface area (TPSA) is 106 Å². The monoisotopic (exact) mass is 338 g/mol. The van der Waals surface area contributed by atoms with E-state index in [0.717, 1.165) is 30.3 Å². The Balaban J connectivity index is 2.11. The van der Waals surface area contributed by atoms with Gasteiger partial charge in [-0.05, 0) is 30.3 Å². The fraction of sp³-hybridized carbons (Fsp3) is 0.0714. The number of benzene rings is 2. The van der Waals surface area contributed by atoms with Gasteiger partial charge < -0.3 is 5.32 Å². The summed E-state index contributed by atoms with van der Waals surface area (Å²) in [6.07, 6.45) is 0. The third-order valence-corrected chi connectivity index (χ3v) is 4.47. The molecule has 9 heteroatoms. The lowest BCUT2D eigenvalue weighted by molar-refractivity contribution is -0.384. The van der Waals surface area contributed by atoms with Crippen LogP contribution in [0.2, 0.25) is 0 Å². The lowest BCUT2D eigenvalue weighted by Crippen LogP contribution is -2.23. The number of anilines is 1. The van der Waals surface area contributed by atoms with Crippen LogP contribution < -0.4 is 5.32 Å². The second-order valence-corrected chi connectivity index (χ2v) is 6.56. The highest BCUT2D eigenvalue weighted by Gasteiger charge is 2.20. The van der Waals surface area contributed by atoms with Crippen molar-refractivity contribution in [3.05, 3.63) is 64.5 Å². The Kier molecular flexibility index (Phi) is 4.70. The van der Waals surface area contributed by atoms with Crippen LogP contribution in [0.25, 0.3) is 0 Å². The van der Waals surface area contributed by atoms with Crippen molar-refractivity contribution in [3.8, 4) is 0 Å². The predicted molar refractivity (Wildman–Crippen MR) is 80.2 cm³/mol. The smallest absolute Gasteiger partial charge is 0.271 e. The number of carbonyl (C=O) groups is 1. The molecule has 2 aromatic rings. The summed E-state index contributed by atoms with van der Waals surface area (Å²) in [4.78, 5) is 21.6. The highest BCUT2D eigenvalue weighted by Crippen LogP contribution is 2.18. The number of amides is 1. The zero-order valence-corrected chi connectivity index (χ0v) is 12.4. The van der Waals surface area contributed by atoms with E-state index in [2.05, 4.69) is 5.32 Å². The van der Waals surface area contributed by atoms with Crippen LogP contribution in [0.5, 0.6) is 0 Å². The van der Waals surface area contributed by atoms with Crippen molar-refractivity contribution in [3.63, 3.8) is 0 Å². The van der Waals surface area contributed by atoms with Gasteiger partial charge in [-0.3, -0.25) is 14.9 Å². The molecule has 0 atom stereocenters. The number of rotatable bonds is 5. The molecule has 0 aliphatic rings. The molecule has 0 aliphatic carbocycles. The van der Waals surface area contributed by atoms with E-state index in [0.29, 0.717) is 0 Å². The predicted octanol–water partition coefficient (Wildman–Crippen LogP) is 2.15. The van der Waals surface area contributed by atoms with Gasteiger partial charge in [-0.2, -0.15) is 0 Å². The Morgan fingerprint density at radius 3 is 2.43 bits per heavy atom. The number of nitrogens with one attached hydrogen (secondary N) is 1. The van der Waals surface area contributed by atoms with Crippen molar-refractivity contribution in [2.75, 3.05) is 11.1 Å². The standard InChI is InChI=1S/C14H11FN2O5S/c15-10-4-6-13(7-5-10)23(21,22)9-14(18)16-11-2-1-3-12(8-11)17(19)20/h1-8H,9H2,(H,16,18). The Labute approximate surface area is 130 Å². The number of halogens is 1. The highest BCUT2D eigenvalue weighted by atomic mass is 32.2. The van der Waals surface area contributed by atoms with Gasteiger partial charge in [0.1, 0.15) is 11.6 Å². The first-order valence-electron chi connectivity index (χ1n) is 6.30. The molecule has 0 heterocycles. The molecule has 1 N–H and O–H groups in total. The molecular weight excluding hydrogens is 327 g/mol. The molecule has 0 spiro atoms. The van der Waals surface area contributed by atoms with Gasteiger partial charge in [-0.25, -0.2) is 12.8 Å². The minimum atomic E-state index is -3.94. The Hall–Kier alpha value is -2.81. The van der Waals surface area contributed by atoms with E-state index < -0.39 is 32.2 Å². The molecule has 0 bridgehead atoms. The average Bonchev–Trinajstić information content (AvgIpc) is 2.47. The van der Waals surface area contributed by atoms with Crippen molar-refractivity contribution >= 4 is 27.1 Å². The van der Waals surface area contributed by atoms with Gasteiger partial charge in [0.15, 0.2) is 9.84 Å². The molecule has 0 saturated carbocycles. The fourth-order valence-electron chi connectivity index (χ4n) is 1.79. The van der Waals surface area contributed by atoms with E-state index in [1.807, 2.05) is 0 Å². The quantitative estimate of drug-likeness (QED) is 0.511. The molecule has 0 aromatic heterocycles. The van der Waals surface area contributed by atoms with Crippen LogP contribution in [0.15, 0.2) is 53.4 Å². The van der Waals surface area contributed by atoms with E-state index in [1.165, 1.54) is 18.2 Å². The molecule has 120 valence electrons. The molecule has 2 aromatic carbocycles. The van der Waals surface area contributed by atoms with E-state index in [1.54, 1.807) is 0 Å². The normalized spacial score (nSPS) is 11.0. The molecule has 0 fully saturated rings. The summed E-state index contributed by atoms with van der Waals surface area (Å²) >= 11 is 0. The van der Waals surface area contributed by atoms with Gasteiger partial charge >= 0.3 is 0 Å². The van der Waals surface area contributed by atoms with Crippen LogP contribution in [0.1, 0.15) is 0 Å². The number of hydrogen-bond acceptors (Lipinski definition) is 5. The van der Waals surface area contributed by atoms with Crippen LogP contribution in [0.4, 0.5) is 15.8 Å². The summed E-state index contributed by atoms with van der Waals surface area (Å²) in [5, 5.41) is 12.9. The SMILES string of the molecule is O=C(CS(=O)(=O)c1ccc(F)cc1)Nc1cccc([N+](=O)[O-])c1. The molecule has 2 rings (SSSR count). The van der Waals surface area contributed by atoms with Crippen LogP contribution in [-0.4, -0.2) is 25.0 Å². The first kappa shape index (κ1) is 16.6. The van der Waals surface area contributed by atoms with Gasteiger partial charge in [0.25, 0.3) is 5.69 Å². The molecule has 7 nitrogen and oxygen atoms in total. The van der Waals surface area contributed by atoms with Gasteiger partial charge in [-0.15, -0.1) is 0 Å². The lowest BCUT2D eigenvalue weighted by atomic mass is 10.3. The van der Waals surface area contributed by atoms with Crippen LogP contribution in [0, 0.1) is 15.9 Å². The number of hydrogen-bond donors (Lipinski definition) is 1. The number of non-ortho nitro benzene ring substituents is 1. The maximum Gasteiger partial charge on any atom is 0.271 e. The second kappa shape index (κ2) is 6.53. The second-order valence-electron chi connectivity index (χ2n) is 4.57. The summed E-state index contributed by atoms with van der Waals surface area (Å²) < 4.78 is 36.9. The molecule has 1 amide bonds. The lowest BCUT2D eigenvalue weighted by Gasteiger charge is -2.06. The van der Waals surface area contributed by atoms with Crippen molar-refractivity contribution in [2.24, 2.45) is 0 Å². The van der Waals surface area contributed by atoms with E-state index in [9.17, 15) is 27.7 Å². The molecular formula is C14H11FN2O5S. The molecule has 23 heavy (non-hydrogen) atoms. The maximum atomic E-state index is 12.8. The Bertz CT molecular complexity index is 850. The first-order valence-corrected chi connectivity index (χ1v) is 7.96. The van der Waals surface area contributed by atoms with Crippen molar-refractivity contribution in [1.82, 2.24) is 0 Å². The number of sulfone groups is 1. The van der Waals surface area contributed by atoms with Gasteiger partial charge in [0.2, 0.25) is 5.91 Å². The van der Waals surface area contributed by atoms with Crippen LogP contribution >= 0.6 is 0 Å². The Morgan fingerprint density at radius 1 is 1.17 bits per heavy atom. The molecule has 0 unspecified atom stereocenters. The van der Waals surface area contributed by atoms with Gasteiger partial charge in [0.05, 0.1) is 9.82 Å². The molecule has 0 saturated heterocycles. The van der Waals surface area contributed by atoms with Crippen molar-refractivity contribution < 1.29 is 22.5 Å². The zero-order valence-electron chi connectivity index (χ0n) is 11.6. The third kappa shape index (κ3) is 4.33. The number of nitro benzene ring substituents is 1. The zero-order chi connectivity index (χ0) is 17.0. The Morgan fingerprint density at radius 2 is 1.83 bits per heavy atom. The molecule has 0 radical (unpaired) electrons. The first-order chi connectivity index (χ1) is 10.8. The minimum absolute atomic E-state index is 0.110. The summed E-state index contributed by atoms with van der Waals surface area (Å²) in [6, 6.07) is 9.19. The summed E-state index contributed by atoms with van der Waals surface area (Å²) in [5.74, 6) is -2.30. The highest BCUT2D eigenvalue weighted by molar-refractivity contribution is 7.92. The largest absolute Gasteiger partial charge is 0.325 e. The average molecular weight is 338 g/mol. The number of carbonyl (C=O) groups excluding carboxylic acids is 1. The number of nitro groups is 1. The van der Waals surface area contributed by atoms with E-state index >= 15 is 0 Å². The summed E-state index contributed by atoms with van der Waals surface area (Å²) in [6.45, 7) is 0. The minimum Gasteiger partial charge on any atom is -0.325 e. The van der Waals surface area contributed by atoms with Crippen LogP contribution in [-0.2, 0) is 14.6 Å². The van der Waals surface area contributed by atoms with E-state index in [4.69, 9.17) is 0 Å². The van der Waals surface area contributed by atoms with Crippen molar-refractivity contribution in [2.45, 2.75) is 4.90 Å². The summed E-state index contributed by atoms with van der Waals surface area (Å²) in [5.41, 5.74) is -0.123. The van der Waals surface area contributed by atoms with Gasteiger partial charge in [0, 0.05) is 17.8 Å². The fourth-order valence-corrected chi connectivity index (χ4v) is 2.93.